The van der Waals surface area contributed by atoms with Crippen LogP contribution in [0.15, 0.2) is 47.7 Å². The van der Waals surface area contributed by atoms with Crippen molar-refractivity contribution < 1.29 is 0 Å². The number of thiazole rings is 1. The van der Waals surface area contributed by atoms with Crippen LogP contribution in [0.3, 0.4) is 0 Å². The normalized spacial score (nSPS) is 17.9. The van der Waals surface area contributed by atoms with Crippen LogP contribution in [0.1, 0.15) is 30.1 Å². The summed E-state index contributed by atoms with van der Waals surface area (Å²) in [6, 6.07) is 6.40. The SMILES string of the molecule is c1cnc(Nc2cc([C@H]3CCCN3Cc3cscn3)ccn2)nc1. The van der Waals surface area contributed by atoms with Crippen LogP contribution in [0.25, 0.3) is 0 Å². The van der Waals surface area contributed by atoms with E-state index in [0.29, 0.717) is 12.0 Å². The van der Waals surface area contributed by atoms with Crippen LogP contribution < -0.4 is 5.32 Å². The zero-order valence-corrected chi connectivity index (χ0v) is 14.0. The minimum Gasteiger partial charge on any atom is -0.309 e. The van der Waals surface area contributed by atoms with E-state index in [1.807, 2.05) is 11.7 Å². The molecule has 4 rings (SSSR count). The molecule has 7 heteroatoms. The van der Waals surface area contributed by atoms with E-state index in [4.69, 9.17) is 0 Å². The second-order valence-corrected chi connectivity index (χ2v) is 6.50. The Balaban J connectivity index is 1.51. The maximum atomic E-state index is 4.42. The Kier molecular flexibility index (Phi) is 4.44. The van der Waals surface area contributed by atoms with Crippen molar-refractivity contribution in [3.8, 4) is 0 Å². The topological polar surface area (TPSA) is 66.8 Å². The summed E-state index contributed by atoms with van der Waals surface area (Å²) < 4.78 is 0. The Morgan fingerprint density at radius 3 is 2.92 bits per heavy atom. The van der Waals surface area contributed by atoms with Crippen LogP contribution in [0, 0.1) is 0 Å². The summed E-state index contributed by atoms with van der Waals surface area (Å²) in [4.78, 5) is 19.7. The van der Waals surface area contributed by atoms with Crippen LogP contribution >= 0.6 is 11.3 Å². The molecule has 1 aliphatic rings. The van der Waals surface area contributed by atoms with Gasteiger partial charge in [0.25, 0.3) is 0 Å². The maximum Gasteiger partial charge on any atom is 0.228 e. The number of likely N-dealkylation sites (tertiary alicyclic amines) is 1. The van der Waals surface area contributed by atoms with Gasteiger partial charge in [-0.2, -0.15) is 0 Å². The van der Waals surface area contributed by atoms with E-state index in [-0.39, 0.29) is 0 Å². The van der Waals surface area contributed by atoms with Crippen LogP contribution in [-0.4, -0.2) is 31.4 Å². The maximum absolute atomic E-state index is 4.42. The summed E-state index contributed by atoms with van der Waals surface area (Å²) >= 11 is 1.65. The largest absolute Gasteiger partial charge is 0.309 e. The highest BCUT2D eigenvalue weighted by molar-refractivity contribution is 7.07. The Labute approximate surface area is 144 Å². The molecule has 24 heavy (non-hydrogen) atoms. The molecule has 1 atom stereocenters. The molecule has 0 aromatic carbocycles. The Hall–Kier alpha value is -2.38. The van der Waals surface area contributed by atoms with Crippen molar-refractivity contribution in [1.29, 1.82) is 0 Å². The molecular formula is C17H18N6S. The van der Waals surface area contributed by atoms with Gasteiger partial charge in [-0.15, -0.1) is 11.3 Å². The summed E-state index contributed by atoms with van der Waals surface area (Å²) in [6.45, 7) is 2.01. The number of nitrogens with zero attached hydrogens (tertiary/aromatic N) is 5. The molecule has 0 amide bonds. The number of pyridine rings is 1. The molecule has 1 fully saturated rings. The average molecular weight is 338 g/mol. The third-order valence-corrected chi connectivity index (χ3v) is 4.82. The molecule has 0 aliphatic carbocycles. The average Bonchev–Trinajstić information content (AvgIpc) is 3.28. The summed E-state index contributed by atoms with van der Waals surface area (Å²) in [6.07, 6.45) is 7.65. The van der Waals surface area contributed by atoms with Crippen molar-refractivity contribution in [1.82, 2.24) is 24.8 Å². The molecule has 3 aromatic heterocycles. The number of hydrogen-bond donors (Lipinski definition) is 1. The Morgan fingerprint density at radius 1 is 1.17 bits per heavy atom. The quantitative estimate of drug-likeness (QED) is 0.769. The summed E-state index contributed by atoms with van der Waals surface area (Å²) in [7, 11) is 0. The minimum absolute atomic E-state index is 0.409. The smallest absolute Gasteiger partial charge is 0.228 e. The van der Waals surface area contributed by atoms with E-state index in [9.17, 15) is 0 Å². The number of nitrogens with one attached hydrogen (secondary N) is 1. The van der Waals surface area contributed by atoms with Crippen LogP contribution in [0.5, 0.6) is 0 Å². The van der Waals surface area contributed by atoms with E-state index < -0.39 is 0 Å². The van der Waals surface area contributed by atoms with E-state index in [1.165, 1.54) is 12.0 Å². The molecule has 0 radical (unpaired) electrons. The molecule has 0 unspecified atom stereocenters. The van der Waals surface area contributed by atoms with Crippen molar-refractivity contribution in [2.24, 2.45) is 0 Å². The monoisotopic (exact) mass is 338 g/mol. The van der Waals surface area contributed by atoms with Crippen molar-refractivity contribution in [3.63, 3.8) is 0 Å². The number of rotatable bonds is 5. The van der Waals surface area contributed by atoms with Gasteiger partial charge in [0.2, 0.25) is 5.95 Å². The molecule has 3 aromatic rings. The molecule has 6 nitrogen and oxygen atoms in total. The van der Waals surface area contributed by atoms with Gasteiger partial charge in [0, 0.05) is 36.6 Å². The Bertz CT molecular complexity index is 777. The molecule has 122 valence electrons. The highest BCUT2D eigenvalue weighted by Gasteiger charge is 2.26. The van der Waals surface area contributed by atoms with E-state index >= 15 is 0 Å². The molecule has 0 bridgehead atoms. The lowest BCUT2D eigenvalue weighted by atomic mass is 10.1. The predicted molar refractivity (Wildman–Crippen MR) is 94.1 cm³/mol. The predicted octanol–water partition coefficient (Wildman–Crippen LogP) is 3.41. The van der Waals surface area contributed by atoms with Crippen molar-refractivity contribution in [2.45, 2.75) is 25.4 Å². The van der Waals surface area contributed by atoms with Crippen molar-refractivity contribution in [2.75, 3.05) is 11.9 Å². The number of hydrogen-bond acceptors (Lipinski definition) is 7. The van der Waals surface area contributed by atoms with Gasteiger partial charge in [-0.05, 0) is 43.1 Å². The van der Waals surface area contributed by atoms with Gasteiger partial charge < -0.3 is 5.32 Å². The first-order valence-electron chi connectivity index (χ1n) is 7.99. The van der Waals surface area contributed by atoms with Gasteiger partial charge in [0.15, 0.2) is 0 Å². The first-order chi connectivity index (χ1) is 11.9. The second kappa shape index (κ2) is 7.02. The molecule has 0 spiro atoms. The third kappa shape index (κ3) is 3.42. The fraction of sp³-hybridized carbons (Fsp3) is 0.294. The summed E-state index contributed by atoms with van der Waals surface area (Å²) in [5.74, 6) is 1.34. The fourth-order valence-electron chi connectivity index (χ4n) is 3.12. The van der Waals surface area contributed by atoms with Crippen LogP contribution in [0.4, 0.5) is 11.8 Å². The van der Waals surface area contributed by atoms with E-state index in [0.717, 1.165) is 31.0 Å². The summed E-state index contributed by atoms with van der Waals surface area (Å²) in [5, 5.41) is 5.29. The van der Waals surface area contributed by atoms with Crippen LogP contribution in [-0.2, 0) is 6.54 Å². The first kappa shape index (κ1) is 15.2. The van der Waals surface area contributed by atoms with Gasteiger partial charge in [-0.3, -0.25) is 4.90 Å². The lowest BCUT2D eigenvalue weighted by molar-refractivity contribution is 0.246. The lowest BCUT2D eigenvalue weighted by Crippen LogP contribution is -2.23. The van der Waals surface area contributed by atoms with E-state index in [2.05, 4.69) is 47.7 Å². The third-order valence-electron chi connectivity index (χ3n) is 4.19. The molecule has 1 N–H and O–H groups in total. The molecule has 0 saturated carbocycles. The van der Waals surface area contributed by atoms with Crippen molar-refractivity contribution >= 4 is 23.1 Å². The van der Waals surface area contributed by atoms with Gasteiger partial charge in [-0.1, -0.05) is 0 Å². The molecule has 1 saturated heterocycles. The van der Waals surface area contributed by atoms with Gasteiger partial charge in [0.1, 0.15) is 5.82 Å². The van der Waals surface area contributed by atoms with Crippen molar-refractivity contribution in [3.05, 3.63) is 58.9 Å². The second-order valence-electron chi connectivity index (χ2n) is 5.78. The van der Waals surface area contributed by atoms with Crippen LogP contribution in [0.2, 0.25) is 0 Å². The minimum atomic E-state index is 0.409. The highest BCUT2D eigenvalue weighted by Crippen LogP contribution is 2.33. The zero-order valence-electron chi connectivity index (χ0n) is 13.2. The van der Waals surface area contributed by atoms with Gasteiger partial charge >= 0.3 is 0 Å². The standard InChI is InChI=1S/C17H18N6S/c1-3-15(23(8-1)10-14-11-24-12-21-14)13-4-7-18-16(9-13)22-17-19-5-2-6-20-17/h2,4-7,9,11-12,15H,1,3,8,10H2,(H,18,19,20,22)/t15-/m1/s1. The van der Waals surface area contributed by atoms with E-state index in [1.54, 1.807) is 29.8 Å². The highest BCUT2D eigenvalue weighted by atomic mass is 32.1. The first-order valence-corrected chi connectivity index (χ1v) is 8.94. The van der Waals surface area contributed by atoms with Gasteiger partial charge in [0.05, 0.1) is 11.2 Å². The number of anilines is 2. The fourth-order valence-corrected chi connectivity index (χ4v) is 3.67. The van der Waals surface area contributed by atoms with Gasteiger partial charge in [-0.25, -0.2) is 19.9 Å². The summed E-state index contributed by atoms with van der Waals surface area (Å²) in [5.41, 5.74) is 4.32. The zero-order chi connectivity index (χ0) is 16.2. The Morgan fingerprint density at radius 2 is 2.08 bits per heavy atom. The number of aromatic nitrogens is 4. The molecular weight excluding hydrogens is 320 g/mol. The molecule has 4 heterocycles. The molecule has 1 aliphatic heterocycles. The lowest BCUT2D eigenvalue weighted by Gasteiger charge is -2.24.